The molecule has 5 rings (SSSR count). The molecular weight excluding hydrogens is 587 g/mol. The summed E-state index contributed by atoms with van der Waals surface area (Å²) in [6.45, 7) is 1.69. The van der Waals surface area contributed by atoms with Crippen molar-refractivity contribution >= 4 is 40.7 Å². The number of rotatable bonds is 6. The highest BCUT2D eigenvalue weighted by Gasteiger charge is 2.35. The lowest BCUT2D eigenvalue weighted by molar-refractivity contribution is -0.115. The first-order chi connectivity index (χ1) is 20.2. The maximum Gasteiger partial charge on any atom is 0.276 e. The van der Waals surface area contributed by atoms with Gasteiger partial charge >= 0.3 is 0 Å². The quantitative estimate of drug-likeness (QED) is 0.180. The number of aromatic nitrogens is 2. The Balaban J connectivity index is 1.54. The fourth-order valence-electron chi connectivity index (χ4n) is 4.82. The van der Waals surface area contributed by atoms with Crippen molar-refractivity contribution in [2.75, 3.05) is 18.0 Å². The minimum Gasteiger partial charge on any atom is -0.490 e. The van der Waals surface area contributed by atoms with E-state index in [2.05, 4.69) is 5.10 Å². The van der Waals surface area contributed by atoms with E-state index in [4.69, 9.17) is 27.9 Å². The van der Waals surface area contributed by atoms with Crippen LogP contribution in [0.1, 0.15) is 30.3 Å². The second kappa shape index (κ2) is 12.2. The van der Waals surface area contributed by atoms with Crippen molar-refractivity contribution in [2.24, 2.45) is 0 Å². The lowest BCUT2D eigenvalue weighted by atomic mass is 10.1. The number of hydrogen-bond donors (Lipinski definition) is 0. The second-order valence-electron chi connectivity index (χ2n) is 9.58. The van der Waals surface area contributed by atoms with Gasteiger partial charge in [0.1, 0.15) is 29.2 Å². The van der Waals surface area contributed by atoms with Crippen LogP contribution in [0, 0.1) is 23.1 Å². The number of likely N-dealkylation sites (tertiary alicyclic amines) is 1. The summed E-state index contributed by atoms with van der Waals surface area (Å²) in [7, 11) is 0. The number of carbonyl (C=O) groups is 2. The van der Waals surface area contributed by atoms with Crippen molar-refractivity contribution in [3.8, 4) is 28.9 Å². The van der Waals surface area contributed by atoms with Crippen LogP contribution in [-0.2, 0) is 4.79 Å². The lowest BCUT2D eigenvalue weighted by Crippen LogP contribution is -2.42. The van der Waals surface area contributed by atoms with Crippen LogP contribution in [0.5, 0.6) is 5.75 Å². The zero-order valence-electron chi connectivity index (χ0n) is 22.2. The second-order valence-corrected chi connectivity index (χ2v) is 10.4. The first-order valence-electron chi connectivity index (χ1n) is 12.9. The third-order valence-electron chi connectivity index (χ3n) is 6.77. The molecule has 0 N–H and O–H groups in total. The molecule has 0 atom stereocenters. The molecule has 4 aromatic rings. The summed E-state index contributed by atoms with van der Waals surface area (Å²) in [5, 5.41) is 15.4. The molecule has 42 heavy (non-hydrogen) atoms. The van der Waals surface area contributed by atoms with Gasteiger partial charge in [0.05, 0.1) is 16.4 Å². The van der Waals surface area contributed by atoms with Crippen LogP contribution in [0.3, 0.4) is 0 Å². The maximum atomic E-state index is 14.0. The summed E-state index contributed by atoms with van der Waals surface area (Å²) < 4.78 is 34.4. The Morgan fingerprint density at radius 1 is 1.02 bits per heavy atom. The van der Waals surface area contributed by atoms with Gasteiger partial charge in [0.15, 0.2) is 11.9 Å². The normalized spacial score (nSPS) is 13.5. The number of para-hydroxylation sites is 1. The van der Waals surface area contributed by atoms with Crippen LogP contribution in [0.2, 0.25) is 10.0 Å². The predicted molar refractivity (Wildman–Crippen MR) is 154 cm³/mol. The fraction of sp³-hybridized carbons (Fsp3) is 0.200. The van der Waals surface area contributed by atoms with E-state index < -0.39 is 23.4 Å². The highest BCUT2D eigenvalue weighted by Crippen LogP contribution is 2.39. The predicted octanol–water partition coefficient (Wildman–Crippen LogP) is 6.64. The average molecular weight is 610 g/mol. The molecule has 0 bridgehead atoms. The van der Waals surface area contributed by atoms with E-state index >= 15 is 0 Å². The SMILES string of the molecule is CC(=O)N(C#N)c1c(C(=O)N2CCC(Oc3cc(F)cc(F)c3)CC2)nn(-c2ccccc2Cl)c1-c1ccc(Cl)cc1. The van der Waals surface area contributed by atoms with Crippen molar-refractivity contribution in [3.63, 3.8) is 0 Å². The summed E-state index contributed by atoms with van der Waals surface area (Å²) in [5.74, 6) is -2.55. The van der Waals surface area contributed by atoms with Crippen LogP contribution >= 0.6 is 23.2 Å². The Morgan fingerprint density at radius 3 is 2.26 bits per heavy atom. The van der Waals surface area contributed by atoms with Crippen molar-refractivity contribution in [2.45, 2.75) is 25.9 Å². The molecule has 1 aromatic heterocycles. The molecule has 8 nitrogen and oxygen atoms in total. The van der Waals surface area contributed by atoms with Gasteiger partial charge in [0.2, 0.25) is 5.91 Å². The highest BCUT2D eigenvalue weighted by molar-refractivity contribution is 6.32. The summed E-state index contributed by atoms with van der Waals surface area (Å²) in [4.78, 5) is 29.0. The maximum absolute atomic E-state index is 14.0. The number of amides is 2. The molecule has 3 aromatic carbocycles. The Bertz CT molecular complexity index is 1680. The Morgan fingerprint density at radius 2 is 1.67 bits per heavy atom. The van der Waals surface area contributed by atoms with E-state index in [1.54, 1.807) is 48.5 Å². The monoisotopic (exact) mass is 609 g/mol. The molecule has 214 valence electrons. The zero-order chi connectivity index (χ0) is 30.0. The van der Waals surface area contributed by atoms with E-state index in [1.807, 2.05) is 6.19 Å². The topological polar surface area (TPSA) is 91.5 Å². The standard InChI is InChI=1S/C30H23Cl2F2N5O3/c1-18(40)38(17-35)29-27(30(41)37-12-10-23(11-13-37)42-24-15-21(33)14-22(34)16-24)36-39(26-5-3-2-4-25(26)32)28(29)19-6-8-20(31)9-7-19/h2-9,14-16,23H,10-13H2,1H3. The van der Waals surface area contributed by atoms with Crippen molar-refractivity contribution < 1.29 is 23.1 Å². The van der Waals surface area contributed by atoms with Crippen LogP contribution in [0.15, 0.2) is 66.7 Å². The van der Waals surface area contributed by atoms with Gasteiger partial charge in [-0.05, 0) is 24.3 Å². The number of benzene rings is 3. The third-order valence-corrected chi connectivity index (χ3v) is 7.34. The molecule has 12 heteroatoms. The van der Waals surface area contributed by atoms with Gasteiger partial charge in [-0.3, -0.25) is 9.59 Å². The molecule has 1 fully saturated rings. The summed E-state index contributed by atoms with van der Waals surface area (Å²) in [6.07, 6.45) is 2.25. The number of ether oxygens (including phenoxy) is 1. The number of piperidine rings is 1. The molecule has 1 saturated heterocycles. The largest absolute Gasteiger partial charge is 0.490 e. The molecule has 2 amide bonds. The van der Waals surface area contributed by atoms with E-state index in [0.717, 1.165) is 23.1 Å². The first kappa shape index (κ1) is 29.0. The lowest BCUT2D eigenvalue weighted by Gasteiger charge is -2.32. The number of carbonyl (C=O) groups excluding carboxylic acids is 2. The molecule has 0 saturated carbocycles. The van der Waals surface area contributed by atoms with Gasteiger partial charge in [0, 0.05) is 61.6 Å². The highest BCUT2D eigenvalue weighted by atomic mass is 35.5. The van der Waals surface area contributed by atoms with Crippen LogP contribution in [0.4, 0.5) is 14.5 Å². The van der Waals surface area contributed by atoms with Gasteiger partial charge in [-0.15, -0.1) is 0 Å². The van der Waals surface area contributed by atoms with E-state index in [9.17, 15) is 23.6 Å². The number of anilines is 1. The molecule has 0 radical (unpaired) electrons. The zero-order valence-corrected chi connectivity index (χ0v) is 23.7. The van der Waals surface area contributed by atoms with Gasteiger partial charge in [-0.25, -0.2) is 18.4 Å². The van der Waals surface area contributed by atoms with E-state index in [-0.39, 0.29) is 36.3 Å². The molecule has 0 aliphatic carbocycles. The van der Waals surface area contributed by atoms with Crippen LogP contribution < -0.4 is 9.64 Å². The summed E-state index contributed by atoms with van der Waals surface area (Å²) in [5.41, 5.74) is 1.15. The fourth-order valence-corrected chi connectivity index (χ4v) is 5.17. The van der Waals surface area contributed by atoms with E-state index in [1.165, 1.54) is 16.5 Å². The average Bonchev–Trinajstić information content (AvgIpc) is 3.33. The van der Waals surface area contributed by atoms with Crippen molar-refractivity contribution in [3.05, 3.63) is 94.1 Å². The summed E-state index contributed by atoms with van der Waals surface area (Å²) >= 11 is 12.7. The number of halogens is 4. The van der Waals surface area contributed by atoms with Gasteiger partial charge in [0.25, 0.3) is 5.91 Å². The minimum absolute atomic E-state index is 0.00542. The molecular formula is C30H23Cl2F2N5O3. The molecule has 0 unspecified atom stereocenters. The van der Waals surface area contributed by atoms with Crippen LogP contribution in [0.25, 0.3) is 16.9 Å². The number of nitrogens with zero attached hydrogens (tertiary/aromatic N) is 5. The van der Waals surface area contributed by atoms with E-state index in [0.29, 0.717) is 39.8 Å². The molecule has 2 heterocycles. The van der Waals surface area contributed by atoms with Gasteiger partial charge < -0.3 is 9.64 Å². The number of nitriles is 1. The minimum atomic E-state index is -0.747. The molecule has 0 spiro atoms. The smallest absolute Gasteiger partial charge is 0.276 e. The number of hydrogen-bond acceptors (Lipinski definition) is 5. The molecule has 1 aliphatic heterocycles. The first-order valence-corrected chi connectivity index (χ1v) is 13.7. The van der Waals surface area contributed by atoms with Gasteiger partial charge in [-0.2, -0.15) is 10.4 Å². The molecule has 1 aliphatic rings. The van der Waals surface area contributed by atoms with Crippen molar-refractivity contribution in [1.29, 1.82) is 5.26 Å². The Hall–Kier alpha value is -4.46. The third kappa shape index (κ3) is 5.93. The summed E-state index contributed by atoms with van der Waals surface area (Å²) in [6, 6.07) is 16.5. The van der Waals surface area contributed by atoms with Crippen molar-refractivity contribution in [1.82, 2.24) is 14.7 Å². The van der Waals surface area contributed by atoms with Crippen LogP contribution in [-0.4, -0.2) is 45.7 Å². The van der Waals surface area contributed by atoms with Gasteiger partial charge in [-0.1, -0.05) is 47.5 Å². The Labute approximate surface area is 250 Å². The Kier molecular flexibility index (Phi) is 8.43.